The van der Waals surface area contributed by atoms with Gasteiger partial charge in [-0.2, -0.15) is 4.68 Å². The first-order valence-corrected chi connectivity index (χ1v) is 7.43. The molecule has 22 heavy (non-hydrogen) atoms. The molecule has 0 fully saturated rings. The van der Waals surface area contributed by atoms with Crippen LogP contribution in [0.1, 0.15) is 23.9 Å². The van der Waals surface area contributed by atoms with E-state index >= 15 is 0 Å². The van der Waals surface area contributed by atoms with Crippen LogP contribution in [0.15, 0.2) is 48.5 Å². The van der Waals surface area contributed by atoms with Crippen molar-refractivity contribution >= 4 is 5.69 Å². The summed E-state index contributed by atoms with van der Waals surface area (Å²) >= 11 is 0. The van der Waals surface area contributed by atoms with Gasteiger partial charge in [-0.05, 0) is 53.1 Å². The molecular formula is C17H19N5. The van der Waals surface area contributed by atoms with Crippen molar-refractivity contribution in [2.45, 2.75) is 26.8 Å². The van der Waals surface area contributed by atoms with Crippen molar-refractivity contribution in [3.05, 3.63) is 65.5 Å². The van der Waals surface area contributed by atoms with Crippen molar-refractivity contribution < 1.29 is 0 Å². The summed E-state index contributed by atoms with van der Waals surface area (Å²) in [6.45, 7) is 4.84. The van der Waals surface area contributed by atoms with Crippen molar-refractivity contribution in [3.8, 4) is 5.69 Å². The van der Waals surface area contributed by atoms with Crippen LogP contribution in [0.5, 0.6) is 0 Å². The van der Waals surface area contributed by atoms with Gasteiger partial charge in [-0.15, -0.1) is 5.10 Å². The lowest BCUT2D eigenvalue weighted by Gasteiger charge is -2.09. The van der Waals surface area contributed by atoms with E-state index in [4.69, 9.17) is 0 Å². The van der Waals surface area contributed by atoms with Crippen molar-refractivity contribution in [1.29, 1.82) is 0 Å². The van der Waals surface area contributed by atoms with Crippen LogP contribution in [-0.2, 0) is 13.0 Å². The summed E-state index contributed by atoms with van der Waals surface area (Å²) in [6.07, 6.45) is 1.07. The van der Waals surface area contributed by atoms with Crippen LogP contribution < -0.4 is 5.32 Å². The third-order valence-electron chi connectivity index (χ3n) is 3.64. The van der Waals surface area contributed by atoms with Crippen LogP contribution >= 0.6 is 0 Å². The predicted octanol–water partition coefficient (Wildman–Crippen LogP) is 3.15. The van der Waals surface area contributed by atoms with Crippen molar-refractivity contribution in [1.82, 2.24) is 20.2 Å². The second-order valence-electron chi connectivity index (χ2n) is 5.21. The molecule has 1 aromatic heterocycles. The SMILES string of the molecule is CCc1ccc(CNc2cccc(-n3nnnc3C)c2)cc1. The molecule has 0 saturated carbocycles. The maximum Gasteiger partial charge on any atom is 0.153 e. The number of aryl methyl sites for hydroxylation is 2. The van der Waals surface area contributed by atoms with E-state index in [1.807, 2.05) is 31.2 Å². The Labute approximate surface area is 130 Å². The Kier molecular flexibility index (Phi) is 4.14. The molecule has 0 spiro atoms. The standard InChI is InChI=1S/C17H19N5/c1-3-14-7-9-15(10-8-14)12-18-16-5-4-6-17(11-16)22-13(2)19-20-21-22/h4-11,18H,3,12H2,1-2H3. The number of rotatable bonds is 5. The zero-order chi connectivity index (χ0) is 15.4. The van der Waals surface area contributed by atoms with E-state index in [1.165, 1.54) is 11.1 Å². The Bertz CT molecular complexity index is 746. The second kappa shape index (κ2) is 6.39. The molecule has 5 heteroatoms. The third kappa shape index (κ3) is 3.14. The van der Waals surface area contributed by atoms with Crippen LogP contribution in [0, 0.1) is 6.92 Å². The van der Waals surface area contributed by atoms with Gasteiger partial charge in [-0.1, -0.05) is 37.3 Å². The Hall–Kier alpha value is -2.69. The molecule has 0 atom stereocenters. The molecule has 0 aliphatic rings. The Morgan fingerprint density at radius 2 is 1.82 bits per heavy atom. The van der Waals surface area contributed by atoms with E-state index in [9.17, 15) is 0 Å². The van der Waals surface area contributed by atoms with Gasteiger partial charge in [0.1, 0.15) is 0 Å². The van der Waals surface area contributed by atoms with Crippen molar-refractivity contribution in [3.63, 3.8) is 0 Å². The minimum atomic E-state index is 0.771. The number of tetrazole rings is 1. The maximum absolute atomic E-state index is 3.99. The summed E-state index contributed by atoms with van der Waals surface area (Å²) in [5.74, 6) is 0.771. The van der Waals surface area contributed by atoms with Crippen molar-refractivity contribution in [2.75, 3.05) is 5.32 Å². The van der Waals surface area contributed by atoms with E-state index in [2.05, 4.69) is 52.0 Å². The summed E-state index contributed by atoms with van der Waals surface area (Å²) < 4.78 is 1.72. The Balaban J connectivity index is 1.71. The van der Waals surface area contributed by atoms with Crippen molar-refractivity contribution in [2.24, 2.45) is 0 Å². The first-order chi connectivity index (χ1) is 10.8. The molecule has 5 nitrogen and oxygen atoms in total. The number of nitrogens with one attached hydrogen (secondary N) is 1. The second-order valence-corrected chi connectivity index (χ2v) is 5.21. The van der Waals surface area contributed by atoms with Gasteiger partial charge in [0.25, 0.3) is 0 Å². The van der Waals surface area contributed by atoms with Gasteiger partial charge in [-0.3, -0.25) is 0 Å². The van der Waals surface area contributed by atoms with Crippen LogP contribution in [0.25, 0.3) is 5.69 Å². The fourth-order valence-electron chi connectivity index (χ4n) is 2.31. The molecule has 0 aliphatic heterocycles. The number of hydrogen-bond donors (Lipinski definition) is 1. The molecule has 1 N–H and O–H groups in total. The lowest BCUT2D eigenvalue weighted by Crippen LogP contribution is -2.03. The maximum atomic E-state index is 3.99. The minimum Gasteiger partial charge on any atom is -0.381 e. The molecular weight excluding hydrogens is 274 g/mol. The topological polar surface area (TPSA) is 55.6 Å². The van der Waals surface area contributed by atoms with Crippen LogP contribution in [-0.4, -0.2) is 20.2 Å². The van der Waals surface area contributed by atoms with Crippen LogP contribution in [0.4, 0.5) is 5.69 Å². The molecule has 0 amide bonds. The predicted molar refractivity (Wildman–Crippen MR) is 87.0 cm³/mol. The summed E-state index contributed by atoms with van der Waals surface area (Å²) in [4.78, 5) is 0. The average Bonchev–Trinajstić information content (AvgIpc) is 3.00. The molecule has 0 aliphatic carbocycles. The van der Waals surface area contributed by atoms with Crippen LogP contribution in [0.2, 0.25) is 0 Å². The van der Waals surface area contributed by atoms with Crippen LogP contribution in [0.3, 0.4) is 0 Å². The first kappa shape index (κ1) is 14.3. The first-order valence-electron chi connectivity index (χ1n) is 7.43. The quantitative estimate of drug-likeness (QED) is 0.785. The molecule has 112 valence electrons. The highest BCUT2D eigenvalue weighted by atomic mass is 15.5. The lowest BCUT2D eigenvalue weighted by molar-refractivity contribution is 0.779. The highest BCUT2D eigenvalue weighted by Gasteiger charge is 2.04. The molecule has 1 heterocycles. The van der Waals surface area contributed by atoms with E-state index < -0.39 is 0 Å². The van der Waals surface area contributed by atoms with Gasteiger partial charge in [0.05, 0.1) is 5.69 Å². The Morgan fingerprint density at radius 3 is 2.50 bits per heavy atom. The largest absolute Gasteiger partial charge is 0.381 e. The fourth-order valence-corrected chi connectivity index (χ4v) is 2.31. The molecule has 0 bridgehead atoms. The third-order valence-corrected chi connectivity index (χ3v) is 3.64. The fraction of sp³-hybridized carbons (Fsp3) is 0.235. The highest BCUT2D eigenvalue weighted by Crippen LogP contribution is 2.16. The molecule has 3 rings (SSSR count). The number of hydrogen-bond acceptors (Lipinski definition) is 4. The zero-order valence-electron chi connectivity index (χ0n) is 12.8. The van der Waals surface area contributed by atoms with Gasteiger partial charge < -0.3 is 5.32 Å². The average molecular weight is 293 g/mol. The number of aromatic nitrogens is 4. The number of nitrogens with zero attached hydrogens (tertiary/aromatic N) is 4. The summed E-state index contributed by atoms with van der Waals surface area (Å²) in [7, 11) is 0. The van der Waals surface area contributed by atoms with Gasteiger partial charge >= 0.3 is 0 Å². The molecule has 0 saturated heterocycles. The van der Waals surface area contributed by atoms with E-state index in [0.717, 1.165) is 30.2 Å². The zero-order valence-corrected chi connectivity index (χ0v) is 12.8. The number of benzene rings is 2. The molecule has 0 radical (unpaired) electrons. The Morgan fingerprint density at radius 1 is 1.05 bits per heavy atom. The smallest absolute Gasteiger partial charge is 0.153 e. The summed E-state index contributed by atoms with van der Waals surface area (Å²) in [5, 5.41) is 15.0. The molecule has 2 aromatic carbocycles. The van der Waals surface area contributed by atoms with E-state index in [-0.39, 0.29) is 0 Å². The van der Waals surface area contributed by atoms with E-state index in [0.29, 0.717) is 0 Å². The van der Waals surface area contributed by atoms with Gasteiger partial charge in [0.2, 0.25) is 0 Å². The molecule has 3 aromatic rings. The lowest BCUT2D eigenvalue weighted by atomic mass is 10.1. The highest BCUT2D eigenvalue weighted by molar-refractivity contribution is 5.51. The van der Waals surface area contributed by atoms with Gasteiger partial charge in [0.15, 0.2) is 5.82 Å². The normalized spacial score (nSPS) is 10.6. The monoisotopic (exact) mass is 293 g/mol. The summed E-state index contributed by atoms with van der Waals surface area (Å²) in [6, 6.07) is 16.8. The summed E-state index contributed by atoms with van der Waals surface area (Å²) in [5.41, 5.74) is 4.63. The van der Waals surface area contributed by atoms with E-state index in [1.54, 1.807) is 4.68 Å². The minimum absolute atomic E-state index is 0.771. The molecule has 0 unspecified atom stereocenters. The van der Waals surface area contributed by atoms with Gasteiger partial charge in [-0.25, -0.2) is 0 Å². The number of anilines is 1. The van der Waals surface area contributed by atoms with Gasteiger partial charge in [0, 0.05) is 12.2 Å².